The highest BCUT2D eigenvalue weighted by atomic mass is 16.6. The standard InChI is InChI=1S/C11H20N2O4/c1-3-12-11(13-4-2)17-8-6-16-9-7(14)5-15-10(8)9/h7-10,14H,3-6H2,1-2H3,(H,12,13)/t7-,8-,9-,10-/m1/s1. The monoisotopic (exact) mass is 244 g/mol. The molecule has 2 aliphatic rings. The molecule has 6 nitrogen and oxygen atoms in total. The van der Waals surface area contributed by atoms with Gasteiger partial charge in [0.05, 0.1) is 13.2 Å². The van der Waals surface area contributed by atoms with E-state index in [9.17, 15) is 5.11 Å². The number of nitrogens with zero attached hydrogens (tertiary/aromatic N) is 1. The molecule has 0 aromatic heterocycles. The Kier molecular flexibility index (Phi) is 4.20. The predicted molar refractivity (Wildman–Crippen MR) is 62.0 cm³/mol. The third-order valence-corrected chi connectivity index (χ3v) is 2.87. The molecule has 2 N–H and O–H groups in total. The predicted octanol–water partition coefficient (Wildman–Crippen LogP) is -0.484. The molecule has 2 saturated heterocycles. The number of ether oxygens (including phenoxy) is 3. The van der Waals surface area contributed by atoms with Gasteiger partial charge in [0.25, 0.3) is 6.02 Å². The number of aliphatic hydroxyl groups is 1. The van der Waals surface area contributed by atoms with Gasteiger partial charge in [-0.05, 0) is 13.8 Å². The van der Waals surface area contributed by atoms with E-state index in [0.29, 0.717) is 25.8 Å². The second-order valence-electron chi connectivity index (χ2n) is 4.13. The zero-order chi connectivity index (χ0) is 12.3. The highest BCUT2D eigenvalue weighted by Gasteiger charge is 2.48. The molecule has 0 spiro atoms. The summed E-state index contributed by atoms with van der Waals surface area (Å²) < 4.78 is 16.7. The molecule has 98 valence electrons. The normalized spacial score (nSPS) is 37.0. The van der Waals surface area contributed by atoms with Gasteiger partial charge in [0.2, 0.25) is 0 Å². The van der Waals surface area contributed by atoms with Gasteiger partial charge in [-0.1, -0.05) is 0 Å². The SMILES string of the molecule is CC/N=C(\NCC)O[C@@H]1CO[C@H]2[C@@H]1OC[C@H]2O. The first-order valence-corrected chi connectivity index (χ1v) is 6.12. The van der Waals surface area contributed by atoms with Crippen LogP contribution >= 0.6 is 0 Å². The van der Waals surface area contributed by atoms with Crippen LogP contribution in [0, 0.1) is 0 Å². The molecule has 0 aromatic rings. The van der Waals surface area contributed by atoms with Crippen molar-refractivity contribution >= 4 is 6.02 Å². The maximum absolute atomic E-state index is 9.61. The fraction of sp³-hybridized carbons (Fsp3) is 0.909. The van der Waals surface area contributed by atoms with E-state index in [0.717, 1.165) is 6.54 Å². The van der Waals surface area contributed by atoms with Crippen LogP contribution in [0.4, 0.5) is 0 Å². The van der Waals surface area contributed by atoms with E-state index in [1.54, 1.807) is 0 Å². The van der Waals surface area contributed by atoms with Crippen LogP contribution in [0.25, 0.3) is 0 Å². The Balaban J connectivity index is 1.93. The van der Waals surface area contributed by atoms with Gasteiger partial charge in [0.15, 0.2) is 6.10 Å². The van der Waals surface area contributed by atoms with Gasteiger partial charge < -0.3 is 24.6 Å². The molecule has 6 heteroatoms. The minimum Gasteiger partial charge on any atom is -0.457 e. The molecule has 2 heterocycles. The molecule has 0 aromatic carbocycles. The van der Waals surface area contributed by atoms with E-state index in [2.05, 4.69) is 10.3 Å². The lowest BCUT2D eigenvalue weighted by molar-refractivity contribution is 0.00473. The average Bonchev–Trinajstić information content (AvgIpc) is 2.85. The molecule has 0 saturated carbocycles. The molecule has 2 fully saturated rings. The largest absolute Gasteiger partial charge is 0.457 e. The summed E-state index contributed by atoms with van der Waals surface area (Å²) in [6.45, 7) is 6.09. The van der Waals surface area contributed by atoms with E-state index >= 15 is 0 Å². The minimum absolute atomic E-state index is 0.189. The number of rotatable bonds is 3. The lowest BCUT2D eigenvalue weighted by Gasteiger charge is -2.19. The first kappa shape index (κ1) is 12.6. The molecule has 0 amide bonds. The van der Waals surface area contributed by atoms with E-state index < -0.39 is 6.10 Å². The first-order valence-electron chi connectivity index (χ1n) is 6.12. The fourth-order valence-corrected chi connectivity index (χ4v) is 2.12. The van der Waals surface area contributed by atoms with Crippen LogP contribution in [-0.4, -0.2) is 61.8 Å². The quantitative estimate of drug-likeness (QED) is 0.518. The Labute approximate surface area is 101 Å². The van der Waals surface area contributed by atoms with Crippen molar-refractivity contribution in [2.24, 2.45) is 4.99 Å². The van der Waals surface area contributed by atoms with Gasteiger partial charge in [-0.15, -0.1) is 0 Å². The smallest absolute Gasteiger partial charge is 0.285 e. The number of aliphatic imine (C=N–C) groups is 1. The van der Waals surface area contributed by atoms with Gasteiger partial charge in [0.1, 0.15) is 18.3 Å². The van der Waals surface area contributed by atoms with Crippen molar-refractivity contribution in [1.29, 1.82) is 0 Å². The number of nitrogens with one attached hydrogen (secondary N) is 1. The van der Waals surface area contributed by atoms with Crippen molar-refractivity contribution in [2.75, 3.05) is 26.3 Å². The molecular weight excluding hydrogens is 224 g/mol. The molecule has 2 rings (SSSR count). The second kappa shape index (κ2) is 5.66. The molecule has 0 radical (unpaired) electrons. The summed E-state index contributed by atoms with van der Waals surface area (Å²) in [4.78, 5) is 4.22. The number of hydrogen-bond acceptors (Lipinski definition) is 5. The molecular formula is C11H20N2O4. The summed E-state index contributed by atoms with van der Waals surface area (Å²) in [7, 11) is 0. The van der Waals surface area contributed by atoms with Crippen LogP contribution in [-0.2, 0) is 14.2 Å². The zero-order valence-electron chi connectivity index (χ0n) is 10.3. The second-order valence-corrected chi connectivity index (χ2v) is 4.13. The maximum Gasteiger partial charge on any atom is 0.285 e. The van der Waals surface area contributed by atoms with Gasteiger partial charge in [-0.3, -0.25) is 0 Å². The zero-order valence-corrected chi connectivity index (χ0v) is 10.3. The Morgan fingerprint density at radius 2 is 2.12 bits per heavy atom. The van der Waals surface area contributed by atoms with Crippen molar-refractivity contribution in [3.05, 3.63) is 0 Å². The Hall–Kier alpha value is -0.850. The molecule has 0 aliphatic carbocycles. The van der Waals surface area contributed by atoms with E-state index in [1.807, 2.05) is 13.8 Å². The summed E-state index contributed by atoms with van der Waals surface area (Å²) in [5, 5.41) is 12.7. The van der Waals surface area contributed by atoms with Crippen LogP contribution in [0.15, 0.2) is 4.99 Å². The number of aliphatic hydroxyl groups excluding tert-OH is 1. The van der Waals surface area contributed by atoms with E-state index in [1.165, 1.54) is 0 Å². The lowest BCUT2D eigenvalue weighted by atomic mass is 10.1. The van der Waals surface area contributed by atoms with Crippen molar-refractivity contribution in [2.45, 2.75) is 38.3 Å². The highest BCUT2D eigenvalue weighted by molar-refractivity contribution is 5.73. The Bertz CT molecular complexity index is 285. The third kappa shape index (κ3) is 2.70. The Morgan fingerprint density at radius 3 is 2.82 bits per heavy atom. The van der Waals surface area contributed by atoms with Gasteiger partial charge in [-0.25, -0.2) is 4.99 Å². The molecule has 0 unspecified atom stereocenters. The summed E-state index contributed by atoms with van der Waals surface area (Å²) in [6, 6.07) is 0.522. The summed E-state index contributed by atoms with van der Waals surface area (Å²) in [5.74, 6) is 0. The summed E-state index contributed by atoms with van der Waals surface area (Å²) in [5.41, 5.74) is 0. The van der Waals surface area contributed by atoms with Crippen LogP contribution in [0.2, 0.25) is 0 Å². The van der Waals surface area contributed by atoms with Crippen molar-refractivity contribution < 1.29 is 19.3 Å². The van der Waals surface area contributed by atoms with Gasteiger partial charge in [0, 0.05) is 13.1 Å². The molecule has 2 aliphatic heterocycles. The maximum atomic E-state index is 9.61. The van der Waals surface area contributed by atoms with Crippen molar-refractivity contribution in [3.8, 4) is 0 Å². The number of hydrogen-bond donors (Lipinski definition) is 2. The number of fused-ring (bicyclic) bond motifs is 1. The fourth-order valence-electron chi connectivity index (χ4n) is 2.12. The van der Waals surface area contributed by atoms with Gasteiger partial charge in [-0.2, -0.15) is 0 Å². The van der Waals surface area contributed by atoms with Crippen molar-refractivity contribution in [3.63, 3.8) is 0 Å². The first-order chi connectivity index (χ1) is 8.26. The van der Waals surface area contributed by atoms with Crippen LogP contribution in [0.1, 0.15) is 13.8 Å². The Morgan fingerprint density at radius 1 is 1.35 bits per heavy atom. The number of amidine groups is 1. The molecule has 4 atom stereocenters. The average molecular weight is 244 g/mol. The van der Waals surface area contributed by atoms with Crippen LogP contribution < -0.4 is 5.32 Å². The van der Waals surface area contributed by atoms with E-state index in [4.69, 9.17) is 14.2 Å². The lowest BCUT2D eigenvalue weighted by Crippen LogP contribution is -2.38. The van der Waals surface area contributed by atoms with E-state index in [-0.39, 0.29) is 18.3 Å². The van der Waals surface area contributed by atoms with Crippen molar-refractivity contribution in [1.82, 2.24) is 5.32 Å². The summed E-state index contributed by atoms with van der Waals surface area (Å²) >= 11 is 0. The minimum atomic E-state index is -0.542. The van der Waals surface area contributed by atoms with Gasteiger partial charge >= 0.3 is 0 Å². The summed E-state index contributed by atoms with van der Waals surface area (Å²) in [6.07, 6.45) is -1.18. The molecule has 17 heavy (non-hydrogen) atoms. The van der Waals surface area contributed by atoms with Crippen LogP contribution in [0.5, 0.6) is 0 Å². The highest BCUT2D eigenvalue weighted by Crippen LogP contribution is 2.28. The third-order valence-electron chi connectivity index (χ3n) is 2.87. The van der Waals surface area contributed by atoms with Crippen LogP contribution in [0.3, 0.4) is 0 Å². The topological polar surface area (TPSA) is 72.3 Å². The molecule has 0 bridgehead atoms.